The predicted octanol–water partition coefficient (Wildman–Crippen LogP) is -0.528. The van der Waals surface area contributed by atoms with E-state index in [2.05, 4.69) is 19.9 Å². The highest BCUT2D eigenvalue weighted by Gasteiger charge is 2.08. The van der Waals surface area contributed by atoms with E-state index in [1.165, 1.54) is 18.0 Å². The number of imidazole rings is 1. The van der Waals surface area contributed by atoms with Crippen molar-refractivity contribution in [2.75, 3.05) is 0 Å². The molecule has 0 aliphatic carbocycles. The average Bonchev–Trinajstić information content (AvgIpc) is 2.63. The van der Waals surface area contributed by atoms with E-state index in [-0.39, 0.29) is 5.82 Å². The zero-order valence-electron chi connectivity index (χ0n) is 6.35. The van der Waals surface area contributed by atoms with Gasteiger partial charge in [-0.15, -0.1) is 0 Å². The van der Waals surface area contributed by atoms with Gasteiger partial charge in [0.1, 0.15) is 5.52 Å². The Morgan fingerprint density at radius 1 is 1.54 bits per heavy atom. The molecule has 0 radical (unpaired) electrons. The lowest BCUT2D eigenvalue weighted by molar-refractivity contribution is 0.0695. The van der Waals surface area contributed by atoms with Gasteiger partial charge in [-0.25, -0.2) is 20.4 Å². The highest BCUT2D eigenvalue weighted by atomic mass is 16.5. The molecule has 7 heteroatoms. The van der Waals surface area contributed by atoms with Gasteiger partial charge in [0, 0.05) is 0 Å². The van der Waals surface area contributed by atoms with Crippen LogP contribution >= 0.6 is 0 Å². The number of hydrogen-bond donors (Lipinski definition) is 3. The Bertz CT molecular complexity index is 451. The SMILES string of the molecule is O=C(NO)c1ncc2[nH]cnc2n1. The second kappa shape index (κ2) is 2.79. The molecule has 7 nitrogen and oxygen atoms in total. The van der Waals surface area contributed by atoms with Gasteiger partial charge in [0.2, 0.25) is 5.82 Å². The summed E-state index contributed by atoms with van der Waals surface area (Å²) in [6, 6.07) is 0. The summed E-state index contributed by atoms with van der Waals surface area (Å²) in [6.07, 6.45) is 2.86. The standard InChI is InChI=1S/C6H5N5O2/c12-6(11-13)5-7-1-3-4(10-5)9-2-8-3/h1-2,13H,(H,11,12)(H,7,8,9,10). The van der Waals surface area contributed by atoms with E-state index in [0.29, 0.717) is 11.2 Å². The van der Waals surface area contributed by atoms with Crippen molar-refractivity contribution < 1.29 is 10.0 Å². The summed E-state index contributed by atoms with van der Waals surface area (Å²) >= 11 is 0. The van der Waals surface area contributed by atoms with Gasteiger partial charge < -0.3 is 4.98 Å². The van der Waals surface area contributed by atoms with Crippen LogP contribution < -0.4 is 5.48 Å². The van der Waals surface area contributed by atoms with Gasteiger partial charge in [0.05, 0.1) is 12.5 Å². The molecule has 1 amide bonds. The van der Waals surface area contributed by atoms with Crippen LogP contribution in [0, 0.1) is 0 Å². The number of carbonyl (C=O) groups excluding carboxylic acids is 1. The molecule has 0 saturated heterocycles. The van der Waals surface area contributed by atoms with E-state index in [0.717, 1.165) is 0 Å². The van der Waals surface area contributed by atoms with Crippen LogP contribution in [0.2, 0.25) is 0 Å². The van der Waals surface area contributed by atoms with Crippen molar-refractivity contribution in [3.63, 3.8) is 0 Å². The zero-order chi connectivity index (χ0) is 9.26. The Morgan fingerprint density at radius 2 is 2.38 bits per heavy atom. The van der Waals surface area contributed by atoms with Crippen molar-refractivity contribution in [3.05, 3.63) is 18.3 Å². The molecule has 0 aliphatic rings. The third-order valence-corrected chi connectivity index (χ3v) is 1.48. The fourth-order valence-electron chi connectivity index (χ4n) is 0.895. The summed E-state index contributed by atoms with van der Waals surface area (Å²) < 4.78 is 0. The van der Waals surface area contributed by atoms with Gasteiger partial charge in [-0.05, 0) is 0 Å². The molecule has 2 rings (SSSR count). The molecular formula is C6H5N5O2. The minimum absolute atomic E-state index is 0.123. The maximum Gasteiger partial charge on any atom is 0.312 e. The molecule has 0 spiro atoms. The Kier molecular flexibility index (Phi) is 1.64. The number of H-pyrrole nitrogens is 1. The van der Waals surface area contributed by atoms with E-state index in [1.807, 2.05) is 0 Å². The molecule has 0 unspecified atom stereocenters. The number of nitrogens with zero attached hydrogens (tertiary/aromatic N) is 3. The lowest BCUT2D eigenvalue weighted by Gasteiger charge is -1.94. The van der Waals surface area contributed by atoms with Gasteiger partial charge in [-0.3, -0.25) is 10.0 Å². The average molecular weight is 179 g/mol. The number of fused-ring (bicyclic) bond motifs is 1. The summed E-state index contributed by atoms with van der Waals surface area (Å²) in [5.74, 6) is -0.882. The highest BCUT2D eigenvalue weighted by Crippen LogP contribution is 2.03. The first kappa shape index (κ1) is 7.62. The second-order valence-corrected chi connectivity index (χ2v) is 2.27. The number of rotatable bonds is 1. The molecule has 2 aromatic rings. The Balaban J connectivity index is 2.54. The zero-order valence-corrected chi connectivity index (χ0v) is 6.35. The van der Waals surface area contributed by atoms with E-state index in [4.69, 9.17) is 5.21 Å². The molecule has 0 aromatic carbocycles. The molecule has 3 N–H and O–H groups in total. The largest absolute Gasteiger partial charge is 0.342 e. The van der Waals surface area contributed by atoms with Gasteiger partial charge >= 0.3 is 5.91 Å². The summed E-state index contributed by atoms with van der Waals surface area (Å²) in [5.41, 5.74) is 2.45. The summed E-state index contributed by atoms with van der Waals surface area (Å²) in [5, 5.41) is 8.30. The summed E-state index contributed by atoms with van der Waals surface area (Å²) in [4.78, 5) is 24.9. The van der Waals surface area contributed by atoms with Gasteiger partial charge in [-0.2, -0.15) is 0 Å². The number of hydrogen-bond acceptors (Lipinski definition) is 5. The van der Waals surface area contributed by atoms with Crippen LogP contribution in [0.1, 0.15) is 10.6 Å². The smallest absolute Gasteiger partial charge is 0.312 e. The quantitative estimate of drug-likeness (QED) is 0.403. The van der Waals surface area contributed by atoms with Crippen LogP contribution in [-0.2, 0) is 0 Å². The lowest BCUT2D eigenvalue weighted by Crippen LogP contribution is -2.21. The molecule has 0 fully saturated rings. The third kappa shape index (κ3) is 1.20. The normalized spacial score (nSPS) is 10.2. The third-order valence-electron chi connectivity index (χ3n) is 1.48. The monoisotopic (exact) mass is 179 g/mol. The van der Waals surface area contributed by atoms with Crippen molar-refractivity contribution in [2.24, 2.45) is 0 Å². The molecular weight excluding hydrogens is 174 g/mol. The molecule has 13 heavy (non-hydrogen) atoms. The van der Waals surface area contributed by atoms with E-state index < -0.39 is 5.91 Å². The van der Waals surface area contributed by atoms with Crippen LogP contribution in [0.3, 0.4) is 0 Å². The van der Waals surface area contributed by atoms with Crippen LogP contribution in [-0.4, -0.2) is 31.1 Å². The van der Waals surface area contributed by atoms with Crippen molar-refractivity contribution in [1.82, 2.24) is 25.4 Å². The second-order valence-electron chi connectivity index (χ2n) is 2.27. The van der Waals surface area contributed by atoms with Crippen molar-refractivity contribution >= 4 is 17.1 Å². The van der Waals surface area contributed by atoms with Crippen LogP contribution in [0.25, 0.3) is 11.2 Å². The predicted molar refractivity (Wildman–Crippen MR) is 40.9 cm³/mol. The van der Waals surface area contributed by atoms with Crippen LogP contribution in [0.15, 0.2) is 12.5 Å². The Morgan fingerprint density at radius 3 is 3.15 bits per heavy atom. The fourth-order valence-corrected chi connectivity index (χ4v) is 0.895. The summed E-state index contributed by atoms with van der Waals surface area (Å²) in [6.45, 7) is 0. The minimum atomic E-state index is -0.759. The van der Waals surface area contributed by atoms with Gasteiger partial charge in [0.25, 0.3) is 0 Å². The molecule has 0 saturated carbocycles. The number of amides is 1. The number of nitrogens with one attached hydrogen (secondary N) is 2. The van der Waals surface area contributed by atoms with Gasteiger partial charge in [0.15, 0.2) is 5.65 Å². The molecule has 2 aromatic heterocycles. The minimum Gasteiger partial charge on any atom is -0.342 e. The van der Waals surface area contributed by atoms with E-state index in [1.54, 1.807) is 0 Å². The van der Waals surface area contributed by atoms with E-state index >= 15 is 0 Å². The molecule has 0 bridgehead atoms. The van der Waals surface area contributed by atoms with Crippen LogP contribution in [0.4, 0.5) is 0 Å². The first-order valence-corrected chi connectivity index (χ1v) is 3.42. The first-order chi connectivity index (χ1) is 6.31. The topological polar surface area (TPSA) is 104 Å². The van der Waals surface area contributed by atoms with Crippen molar-refractivity contribution in [3.8, 4) is 0 Å². The number of carbonyl (C=O) groups is 1. The Hall–Kier alpha value is -2.02. The summed E-state index contributed by atoms with van der Waals surface area (Å²) in [7, 11) is 0. The molecule has 66 valence electrons. The maximum atomic E-state index is 10.9. The maximum absolute atomic E-state index is 10.9. The Labute approximate surface area is 71.8 Å². The highest BCUT2D eigenvalue weighted by molar-refractivity contribution is 5.90. The number of aromatic amines is 1. The van der Waals surface area contributed by atoms with Crippen LogP contribution in [0.5, 0.6) is 0 Å². The van der Waals surface area contributed by atoms with Gasteiger partial charge in [-0.1, -0.05) is 0 Å². The fraction of sp³-hybridized carbons (Fsp3) is 0. The lowest BCUT2D eigenvalue weighted by atomic mass is 10.5. The molecule has 0 aliphatic heterocycles. The van der Waals surface area contributed by atoms with Crippen molar-refractivity contribution in [1.29, 1.82) is 0 Å². The van der Waals surface area contributed by atoms with Crippen molar-refractivity contribution in [2.45, 2.75) is 0 Å². The number of aromatic nitrogens is 4. The first-order valence-electron chi connectivity index (χ1n) is 3.42. The number of hydroxylamine groups is 1. The molecule has 0 atom stereocenters. The van der Waals surface area contributed by atoms with E-state index in [9.17, 15) is 4.79 Å². The molecule has 2 heterocycles.